The Hall–Kier alpha value is -6.66. The van der Waals surface area contributed by atoms with Crippen LogP contribution in [0.1, 0.15) is 0 Å². The Balaban J connectivity index is 1.10. The van der Waals surface area contributed by atoms with Crippen LogP contribution in [0.3, 0.4) is 0 Å². The first-order valence-electron chi connectivity index (χ1n) is 15.8. The summed E-state index contributed by atoms with van der Waals surface area (Å²) in [7, 11) is 0. The average molecular weight is 615 g/mol. The maximum Gasteiger partial charge on any atom is 0.179 e. The largest absolute Gasteiger partial charge is 0.255 e. The Morgan fingerprint density at radius 3 is 1.56 bits per heavy atom. The highest BCUT2D eigenvalue weighted by Crippen LogP contribution is 2.33. The third kappa shape index (κ3) is 5.02. The highest BCUT2D eigenvalue weighted by atomic mass is 14.9. The van der Waals surface area contributed by atoms with Gasteiger partial charge in [0.05, 0.1) is 33.6 Å². The van der Waals surface area contributed by atoms with Crippen LogP contribution in [0.4, 0.5) is 0 Å². The second kappa shape index (κ2) is 11.6. The molecule has 48 heavy (non-hydrogen) atoms. The standard InChI is InChI=1S/C42H26N6/c1-2-8-28(9-3-1)34-22-19-30-16-17-31-20-23-35(46-40(31)39(30)45-34)29-14-12-27(13-15-29)32-18-21-33-38(26-32)47-42(37-11-5-7-25-44-37)48-41(33)36-10-4-6-24-43-36/h1-26H. The van der Waals surface area contributed by atoms with Crippen molar-refractivity contribution in [2.45, 2.75) is 0 Å². The summed E-state index contributed by atoms with van der Waals surface area (Å²) in [6.07, 6.45) is 3.54. The topological polar surface area (TPSA) is 77.3 Å². The Labute approximate surface area is 276 Å². The van der Waals surface area contributed by atoms with E-state index in [4.69, 9.17) is 19.9 Å². The minimum absolute atomic E-state index is 0.566. The molecule has 0 saturated carbocycles. The van der Waals surface area contributed by atoms with Gasteiger partial charge in [0.15, 0.2) is 5.82 Å². The summed E-state index contributed by atoms with van der Waals surface area (Å²) in [6, 6.07) is 49.3. The summed E-state index contributed by atoms with van der Waals surface area (Å²) in [5, 5.41) is 3.07. The second-order valence-corrected chi connectivity index (χ2v) is 11.6. The van der Waals surface area contributed by atoms with Crippen molar-refractivity contribution >= 4 is 32.7 Å². The van der Waals surface area contributed by atoms with Crippen LogP contribution in [-0.2, 0) is 0 Å². The van der Waals surface area contributed by atoms with Crippen molar-refractivity contribution in [3.8, 4) is 56.5 Å². The molecule has 5 aromatic heterocycles. The van der Waals surface area contributed by atoms with Crippen LogP contribution in [-0.4, -0.2) is 29.9 Å². The molecule has 0 fully saturated rings. The Morgan fingerprint density at radius 1 is 0.354 bits per heavy atom. The monoisotopic (exact) mass is 614 g/mol. The van der Waals surface area contributed by atoms with Gasteiger partial charge in [-0.3, -0.25) is 9.97 Å². The van der Waals surface area contributed by atoms with E-state index in [2.05, 4.69) is 101 Å². The van der Waals surface area contributed by atoms with Gasteiger partial charge in [0.1, 0.15) is 11.4 Å². The first kappa shape index (κ1) is 27.6. The normalized spacial score (nSPS) is 11.3. The van der Waals surface area contributed by atoms with Crippen LogP contribution >= 0.6 is 0 Å². The van der Waals surface area contributed by atoms with Gasteiger partial charge in [-0.1, -0.05) is 97.1 Å². The molecular weight excluding hydrogens is 589 g/mol. The van der Waals surface area contributed by atoms with E-state index < -0.39 is 0 Å². The number of benzene rings is 4. The van der Waals surface area contributed by atoms with Gasteiger partial charge in [-0.25, -0.2) is 19.9 Å². The SMILES string of the molecule is c1ccc(-c2ccc3ccc4ccc(-c5ccc(-c6ccc7c(-c8ccccn8)nc(-c8ccccn8)nc7c6)cc5)nc4c3n2)cc1. The fourth-order valence-electron chi connectivity index (χ4n) is 6.15. The zero-order valence-electron chi connectivity index (χ0n) is 25.7. The summed E-state index contributed by atoms with van der Waals surface area (Å²) in [5.41, 5.74) is 11.0. The second-order valence-electron chi connectivity index (χ2n) is 11.6. The molecule has 0 amide bonds. The van der Waals surface area contributed by atoms with E-state index in [0.29, 0.717) is 11.5 Å². The lowest BCUT2D eigenvalue weighted by Crippen LogP contribution is -1.97. The van der Waals surface area contributed by atoms with Crippen molar-refractivity contribution < 1.29 is 0 Å². The fourth-order valence-corrected chi connectivity index (χ4v) is 6.15. The molecule has 6 heteroatoms. The fraction of sp³-hybridized carbons (Fsp3) is 0. The van der Waals surface area contributed by atoms with Crippen LogP contribution in [0.25, 0.3) is 89.3 Å². The van der Waals surface area contributed by atoms with Crippen molar-refractivity contribution in [1.82, 2.24) is 29.9 Å². The molecule has 6 nitrogen and oxygen atoms in total. The van der Waals surface area contributed by atoms with Crippen molar-refractivity contribution in [2.75, 3.05) is 0 Å². The smallest absolute Gasteiger partial charge is 0.179 e. The van der Waals surface area contributed by atoms with Crippen LogP contribution < -0.4 is 0 Å². The quantitative estimate of drug-likeness (QED) is 0.180. The molecule has 0 unspecified atom stereocenters. The maximum atomic E-state index is 5.14. The van der Waals surface area contributed by atoms with Gasteiger partial charge in [-0.2, -0.15) is 0 Å². The van der Waals surface area contributed by atoms with Crippen molar-refractivity contribution in [1.29, 1.82) is 0 Å². The molecule has 0 N–H and O–H groups in total. The zero-order chi connectivity index (χ0) is 31.9. The van der Waals surface area contributed by atoms with E-state index >= 15 is 0 Å². The molecule has 0 atom stereocenters. The summed E-state index contributed by atoms with van der Waals surface area (Å²) in [6.45, 7) is 0. The summed E-state index contributed by atoms with van der Waals surface area (Å²) in [4.78, 5) is 29.1. The number of fused-ring (bicyclic) bond motifs is 4. The molecule has 4 aromatic carbocycles. The number of hydrogen-bond donors (Lipinski definition) is 0. The average Bonchev–Trinajstić information content (AvgIpc) is 3.18. The molecule has 0 bridgehead atoms. The van der Waals surface area contributed by atoms with Crippen molar-refractivity contribution in [3.63, 3.8) is 0 Å². The number of rotatable bonds is 5. The minimum Gasteiger partial charge on any atom is -0.255 e. The van der Waals surface area contributed by atoms with Gasteiger partial charge in [0.2, 0.25) is 0 Å². The van der Waals surface area contributed by atoms with E-state index in [0.717, 1.165) is 77.7 Å². The predicted octanol–water partition coefficient (Wildman–Crippen LogP) is 9.85. The lowest BCUT2D eigenvalue weighted by Gasteiger charge is -2.11. The van der Waals surface area contributed by atoms with Crippen LogP contribution in [0.2, 0.25) is 0 Å². The molecule has 0 aliphatic carbocycles. The lowest BCUT2D eigenvalue weighted by atomic mass is 10.00. The van der Waals surface area contributed by atoms with Crippen LogP contribution in [0.15, 0.2) is 158 Å². The zero-order valence-corrected chi connectivity index (χ0v) is 25.7. The van der Waals surface area contributed by atoms with E-state index in [1.54, 1.807) is 12.4 Å². The number of pyridine rings is 4. The third-order valence-electron chi connectivity index (χ3n) is 8.60. The molecular formula is C42H26N6. The van der Waals surface area contributed by atoms with E-state index in [1.165, 1.54) is 0 Å². The number of hydrogen-bond acceptors (Lipinski definition) is 6. The number of aromatic nitrogens is 6. The maximum absolute atomic E-state index is 5.14. The van der Waals surface area contributed by atoms with Gasteiger partial charge < -0.3 is 0 Å². The molecule has 0 aliphatic heterocycles. The molecule has 0 spiro atoms. The summed E-state index contributed by atoms with van der Waals surface area (Å²) < 4.78 is 0. The van der Waals surface area contributed by atoms with Gasteiger partial charge >= 0.3 is 0 Å². The molecule has 0 radical (unpaired) electrons. The molecule has 5 heterocycles. The molecule has 224 valence electrons. The van der Waals surface area contributed by atoms with Gasteiger partial charge in [-0.15, -0.1) is 0 Å². The lowest BCUT2D eigenvalue weighted by molar-refractivity contribution is 1.16. The summed E-state index contributed by atoms with van der Waals surface area (Å²) >= 11 is 0. The van der Waals surface area contributed by atoms with Crippen molar-refractivity contribution in [3.05, 3.63) is 158 Å². The van der Waals surface area contributed by atoms with Gasteiger partial charge in [0, 0.05) is 39.7 Å². The van der Waals surface area contributed by atoms with Crippen LogP contribution in [0.5, 0.6) is 0 Å². The Morgan fingerprint density at radius 2 is 0.917 bits per heavy atom. The Bertz CT molecular complexity index is 2590. The molecule has 0 saturated heterocycles. The predicted molar refractivity (Wildman–Crippen MR) is 193 cm³/mol. The molecule has 9 aromatic rings. The van der Waals surface area contributed by atoms with E-state index in [1.807, 2.05) is 54.6 Å². The van der Waals surface area contributed by atoms with Crippen molar-refractivity contribution in [2.24, 2.45) is 0 Å². The van der Waals surface area contributed by atoms with E-state index in [-0.39, 0.29) is 0 Å². The molecule has 9 rings (SSSR count). The summed E-state index contributed by atoms with van der Waals surface area (Å²) in [5.74, 6) is 0.566. The minimum atomic E-state index is 0.566. The van der Waals surface area contributed by atoms with Gasteiger partial charge in [0.25, 0.3) is 0 Å². The first-order chi connectivity index (χ1) is 23.8. The third-order valence-corrected chi connectivity index (χ3v) is 8.60. The van der Waals surface area contributed by atoms with Gasteiger partial charge in [-0.05, 0) is 59.7 Å². The van der Waals surface area contributed by atoms with E-state index in [9.17, 15) is 0 Å². The first-order valence-corrected chi connectivity index (χ1v) is 15.8. The van der Waals surface area contributed by atoms with Crippen LogP contribution in [0, 0.1) is 0 Å². The number of nitrogens with zero attached hydrogens (tertiary/aromatic N) is 6. The Kier molecular flexibility index (Phi) is 6.68. The highest BCUT2D eigenvalue weighted by Gasteiger charge is 2.14. The highest BCUT2D eigenvalue weighted by molar-refractivity contribution is 6.04. The molecule has 0 aliphatic rings.